The zero-order chi connectivity index (χ0) is 19.6. The highest BCUT2D eigenvalue weighted by atomic mass is 79.9. The number of nitrogens with zero attached hydrogens (tertiary/aromatic N) is 3. The van der Waals surface area contributed by atoms with E-state index in [-0.39, 0.29) is 16.6 Å². The first-order valence-corrected chi connectivity index (χ1v) is 11.2. The predicted octanol–water partition coefficient (Wildman–Crippen LogP) is 2.59. The third-order valence-corrected chi connectivity index (χ3v) is 6.01. The second-order valence-electron chi connectivity index (χ2n) is 5.53. The fourth-order valence-corrected chi connectivity index (χ4v) is 4.09. The van der Waals surface area contributed by atoms with Gasteiger partial charge in [-0.2, -0.15) is 0 Å². The predicted molar refractivity (Wildman–Crippen MR) is 108 cm³/mol. The van der Waals surface area contributed by atoms with Crippen LogP contribution in [0, 0.1) is 0 Å². The van der Waals surface area contributed by atoms with Crippen molar-refractivity contribution in [3.63, 3.8) is 0 Å². The van der Waals surface area contributed by atoms with E-state index in [2.05, 4.69) is 31.2 Å². The van der Waals surface area contributed by atoms with E-state index in [0.29, 0.717) is 23.0 Å². The first-order chi connectivity index (χ1) is 12.8. The second-order valence-corrected chi connectivity index (χ2v) is 8.95. The van der Waals surface area contributed by atoms with Crippen molar-refractivity contribution in [3.8, 4) is 0 Å². The van der Waals surface area contributed by atoms with Crippen LogP contribution in [0.1, 0.15) is 6.92 Å². The number of pyridine rings is 1. The van der Waals surface area contributed by atoms with E-state index in [4.69, 9.17) is 5.14 Å². The van der Waals surface area contributed by atoms with Crippen LogP contribution in [0.15, 0.2) is 51.1 Å². The lowest BCUT2D eigenvalue weighted by Gasteiger charge is -2.06. The van der Waals surface area contributed by atoms with Gasteiger partial charge < -0.3 is 9.88 Å². The molecule has 1 aromatic carbocycles. The third-order valence-electron chi connectivity index (χ3n) is 3.66. The van der Waals surface area contributed by atoms with E-state index in [1.165, 1.54) is 23.9 Å². The molecule has 27 heavy (non-hydrogen) atoms. The molecule has 0 spiro atoms. The van der Waals surface area contributed by atoms with Crippen LogP contribution in [-0.2, 0) is 21.4 Å². The summed E-state index contributed by atoms with van der Waals surface area (Å²) in [6.45, 7) is 2.58. The van der Waals surface area contributed by atoms with Crippen LogP contribution in [0.2, 0.25) is 0 Å². The van der Waals surface area contributed by atoms with E-state index in [1.807, 2.05) is 11.5 Å². The van der Waals surface area contributed by atoms with Crippen LogP contribution in [0.5, 0.6) is 0 Å². The molecule has 2 heterocycles. The van der Waals surface area contributed by atoms with Gasteiger partial charge in [0.2, 0.25) is 15.9 Å². The number of halogens is 1. The number of aryl methyl sites for hydroxylation is 1. The Hall–Kier alpha value is -1.95. The molecule has 3 aromatic rings. The molecule has 0 saturated heterocycles. The van der Waals surface area contributed by atoms with Crippen molar-refractivity contribution >= 4 is 60.5 Å². The topological polar surface area (TPSA) is 120 Å². The van der Waals surface area contributed by atoms with Crippen molar-refractivity contribution in [2.45, 2.75) is 23.5 Å². The van der Waals surface area contributed by atoms with Crippen LogP contribution >= 0.6 is 27.7 Å². The number of sulfonamides is 1. The molecule has 3 N–H and O–H groups in total. The minimum atomic E-state index is -3.80. The summed E-state index contributed by atoms with van der Waals surface area (Å²) in [6.07, 6.45) is 1.60. The Bertz CT molecular complexity index is 1100. The quantitative estimate of drug-likeness (QED) is 0.535. The number of benzene rings is 1. The van der Waals surface area contributed by atoms with Crippen molar-refractivity contribution in [2.24, 2.45) is 5.14 Å². The van der Waals surface area contributed by atoms with Crippen molar-refractivity contribution in [1.82, 2.24) is 14.5 Å². The molecule has 0 fully saturated rings. The lowest BCUT2D eigenvalue weighted by molar-refractivity contribution is -0.113. The summed E-state index contributed by atoms with van der Waals surface area (Å²) in [5.41, 5.74) is 1.29. The number of thioether (sulfide) groups is 1. The number of hydrogen-bond donors (Lipinski definition) is 2. The Morgan fingerprint density at radius 2 is 2.11 bits per heavy atom. The Kier molecular flexibility index (Phi) is 5.84. The van der Waals surface area contributed by atoms with Gasteiger partial charge in [0.25, 0.3) is 0 Å². The van der Waals surface area contributed by atoms with Gasteiger partial charge in [-0.15, -0.1) is 0 Å². The van der Waals surface area contributed by atoms with Gasteiger partial charge >= 0.3 is 0 Å². The maximum absolute atomic E-state index is 12.2. The summed E-state index contributed by atoms with van der Waals surface area (Å²) in [6, 6.07) is 8.04. The van der Waals surface area contributed by atoms with E-state index in [0.717, 1.165) is 9.99 Å². The summed E-state index contributed by atoms with van der Waals surface area (Å²) in [4.78, 5) is 20.7. The van der Waals surface area contributed by atoms with Gasteiger partial charge in [-0.1, -0.05) is 11.8 Å². The average Bonchev–Trinajstić information content (AvgIpc) is 2.98. The molecule has 3 rings (SSSR count). The van der Waals surface area contributed by atoms with Crippen LogP contribution in [0.4, 0.5) is 5.82 Å². The summed E-state index contributed by atoms with van der Waals surface area (Å²) in [5, 5.41) is 8.51. The molecule has 142 valence electrons. The van der Waals surface area contributed by atoms with Gasteiger partial charge in [0, 0.05) is 17.2 Å². The Labute approximate surface area is 168 Å². The second kappa shape index (κ2) is 7.97. The van der Waals surface area contributed by atoms with Crippen LogP contribution in [0.25, 0.3) is 11.0 Å². The molecule has 2 aromatic heterocycles. The number of nitrogens with two attached hydrogens (primary N) is 1. The largest absolute Gasteiger partial charge is 0.319 e. The first-order valence-electron chi connectivity index (χ1n) is 7.85. The summed E-state index contributed by atoms with van der Waals surface area (Å²) >= 11 is 4.55. The summed E-state index contributed by atoms with van der Waals surface area (Å²) in [5.74, 6) is 0.392. The third kappa shape index (κ3) is 4.67. The molecular formula is C16H16BrN5O3S2. The lowest BCUT2D eigenvalue weighted by Crippen LogP contribution is -2.15. The minimum absolute atomic E-state index is 0.00589. The summed E-state index contributed by atoms with van der Waals surface area (Å²) < 4.78 is 25.8. The van der Waals surface area contributed by atoms with Gasteiger partial charge in [-0.05, 0) is 53.2 Å². The molecule has 0 saturated carbocycles. The maximum Gasteiger partial charge on any atom is 0.238 e. The molecule has 8 nitrogen and oxygen atoms in total. The number of nitrogens with one attached hydrogen (secondary N) is 1. The molecular weight excluding hydrogens is 454 g/mol. The van der Waals surface area contributed by atoms with Crippen LogP contribution in [-0.4, -0.2) is 34.6 Å². The zero-order valence-electron chi connectivity index (χ0n) is 14.2. The highest BCUT2D eigenvalue weighted by Crippen LogP contribution is 2.26. The molecule has 0 radical (unpaired) electrons. The Morgan fingerprint density at radius 1 is 1.33 bits per heavy atom. The number of rotatable bonds is 6. The Balaban J connectivity index is 1.77. The Morgan fingerprint density at radius 3 is 2.74 bits per heavy atom. The molecule has 11 heteroatoms. The number of amides is 1. The highest BCUT2D eigenvalue weighted by Gasteiger charge is 2.15. The average molecular weight is 470 g/mol. The van der Waals surface area contributed by atoms with E-state index in [1.54, 1.807) is 24.4 Å². The van der Waals surface area contributed by atoms with Crippen molar-refractivity contribution < 1.29 is 13.2 Å². The minimum Gasteiger partial charge on any atom is -0.319 e. The first kappa shape index (κ1) is 19.8. The number of anilines is 1. The van der Waals surface area contributed by atoms with Gasteiger partial charge in [-0.3, -0.25) is 4.79 Å². The molecule has 1 amide bonds. The normalized spacial score (nSPS) is 11.7. The number of imidazole rings is 1. The van der Waals surface area contributed by atoms with E-state index >= 15 is 0 Å². The molecule has 0 aliphatic heterocycles. The van der Waals surface area contributed by atoms with E-state index in [9.17, 15) is 13.2 Å². The van der Waals surface area contributed by atoms with Crippen molar-refractivity contribution in [2.75, 3.05) is 11.1 Å². The fourth-order valence-electron chi connectivity index (χ4n) is 2.44. The van der Waals surface area contributed by atoms with Gasteiger partial charge in [-0.25, -0.2) is 23.5 Å². The molecule has 0 bridgehead atoms. The van der Waals surface area contributed by atoms with E-state index < -0.39 is 10.0 Å². The number of carbonyl (C=O) groups excluding carboxylic acids is 1. The zero-order valence-corrected chi connectivity index (χ0v) is 17.4. The lowest BCUT2D eigenvalue weighted by atomic mass is 10.3. The van der Waals surface area contributed by atoms with Gasteiger partial charge in [0.05, 0.1) is 21.7 Å². The number of carbonyl (C=O) groups is 1. The maximum atomic E-state index is 12.2. The number of fused-ring (bicyclic) bond motifs is 1. The molecule has 0 aliphatic rings. The van der Waals surface area contributed by atoms with Gasteiger partial charge in [0.1, 0.15) is 5.82 Å². The summed E-state index contributed by atoms with van der Waals surface area (Å²) in [7, 11) is -3.80. The number of hydrogen-bond acceptors (Lipinski definition) is 6. The van der Waals surface area contributed by atoms with Crippen molar-refractivity contribution in [1.29, 1.82) is 0 Å². The smallest absolute Gasteiger partial charge is 0.238 e. The highest BCUT2D eigenvalue weighted by molar-refractivity contribution is 9.10. The SMILES string of the molecule is CCn1c(SCC(=O)Nc2ccc(Br)cn2)nc2cc(S(N)(=O)=O)ccc21. The van der Waals surface area contributed by atoms with Crippen LogP contribution < -0.4 is 10.5 Å². The van der Waals surface area contributed by atoms with Crippen LogP contribution in [0.3, 0.4) is 0 Å². The standard InChI is InChI=1S/C16H16BrN5O3S2/c1-2-22-13-5-4-11(27(18,24)25)7-12(13)20-16(22)26-9-15(23)21-14-6-3-10(17)8-19-14/h3-8H,2,9H2,1H3,(H2,18,24,25)(H,19,21,23). The number of aromatic nitrogens is 3. The molecule has 0 atom stereocenters. The molecule has 0 aliphatic carbocycles. The monoisotopic (exact) mass is 469 g/mol. The number of primary sulfonamides is 1. The fraction of sp³-hybridized carbons (Fsp3) is 0.188. The van der Waals surface area contributed by atoms with Crippen molar-refractivity contribution in [3.05, 3.63) is 41.0 Å². The molecule has 0 unspecified atom stereocenters. The van der Waals surface area contributed by atoms with Gasteiger partial charge in [0.15, 0.2) is 5.16 Å².